The van der Waals surface area contributed by atoms with Gasteiger partial charge in [0, 0.05) is 39.3 Å². The lowest BCUT2D eigenvalue weighted by molar-refractivity contribution is 0.311. The molecular weight excluding hydrogens is 262 g/mol. The van der Waals surface area contributed by atoms with Gasteiger partial charge in [0.25, 0.3) is 10.2 Å². The van der Waals surface area contributed by atoms with Crippen LogP contribution in [0.3, 0.4) is 0 Å². The fraction of sp³-hybridized carbons (Fsp3) is 1.00. The minimum absolute atomic E-state index is 0.608. The topological polar surface area (TPSA) is 52.7 Å². The van der Waals surface area contributed by atoms with Crippen LogP contribution in [0.25, 0.3) is 0 Å². The molecule has 112 valence electrons. The summed E-state index contributed by atoms with van der Waals surface area (Å²) in [5, 5.41) is 3.20. The van der Waals surface area contributed by atoms with Gasteiger partial charge in [0.1, 0.15) is 0 Å². The molecule has 2 aliphatic rings. The van der Waals surface area contributed by atoms with E-state index in [9.17, 15) is 8.42 Å². The molecule has 0 aromatic carbocycles. The van der Waals surface area contributed by atoms with Gasteiger partial charge in [-0.2, -0.15) is 17.0 Å². The number of nitrogens with one attached hydrogen (secondary N) is 1. The van der Waals surface area contributed by atoms with Crippen LogP contribution in [0, 0.1) is 5.92 Å². The summed E-state index contributed by atoms with van der Waals surface area (Å²) < 4.78 is 28.5. The summed E-state index contributed by atoms with van der Waals surface area (Å²) in [6.45, 7) is 6.37. The zero-order valence-corrected chi connectivity index (χ0v) is 12.8. The van der Waals surface area contributed by atoms with Crippen LogP contribution in [0.1, 0.15) is 39.0 Å². The quantitative estimate of drug-likeness (QED) is 0.841. The number of rotatable bonds is 4. The van der Waals surface area contributed by atoms with Gasteiger partial charge in [-0.05, 0) is 25.2 Å². The highest BCUT2D eigenvalue weighted by molar-refractivity contribution is 7.86. The van der Waals surface area contributed by atoms with Crippen molar-refractivity contribution in [3.63, 3.8) is 0 Å². The highest BCUT2D eigenvalue weighted by Gasteiger charge is 2.31. The van der Waals surface area contributed by atoms with E-state index in [2.05, 4.69) is 12.2 Å². The molecule has 2 rings (SSSR count). The van der Waals surface area contributed by atoms with Crippen molar-refractivity contribution in [3.8, 4) is 0 Å². The standard InChI is InChI=1S/C13H27N3O2S/c1-2-4-13-5-3-9-15(10-6-13)19(17,18)16-11-7-14-8-12-16/h13-14H,2-12H2,1H3. The maximum atomic E-state index is 12.6. The maximum Gasteiger partial charge on any atom is 0.282 e. The van der Waals surface area contributed by atoms with E-state index in [4.69, 9.17) is 0 Å². The minimum Gasteiger partial charge on any atom is -0.314 e. The monoisotopic (exact) mass is 289 g/mol. The van der Waals surface area contributed by atoms with E-state index in [1.807, 2.05) is 0 Å². The van der Waals surface area contributed by atoms with Crippen LogP contribution in [0.15, 0.2) is 0 Å². The summed E-state index contributed by atoms with van der Waals surface area (Å²) in [5.41, 5.74) is 0. The van der Waals surface area contributed by atoms with Crippen molar-refractivity contribution >= 4 is 10.2 Å². The third kappa shape index (κ3) is 3.90. The van der Waals surface area contributed by atoms with Crippen LogP contribution in [-0.4, -0.2) is 56.3 Å². The molecule has 1 N–H and O–H groups in total. The Hall–Kier alpha value is -0.170. The molecule has 2 heterocycles. The van der Waals surface area contributed by atoms with Gasteiger partial charge in [0.15, 0.2) is 0 Å². The van der Waals surface area contributed by atoms with Crippen LogP contribution in [0.2, 0.25) is 0 Å². The molecule has 2 aliphatic heterocycles. The predicted octanol–water partition coefficient (Wildman–Crippen LogP) is 1.04. The van der Waals surface area contributed by atoms with Crippen LogP contribution in [-0.2, 0) is 10.2 Å². The van der Waals surface area contributed by atoms with Gasteiger partial charge in [0.2, 0.25) is 0 Å². The van der Waals surface area contributed by atoms with Crippen LogP contribution < -0.4 is 5.32 Å². The molecule has 0 amide bonds. The lowest BCUT2D eigenvalue weighted by Crippen LogP contribution is -2.51. The second-order valence-corrected chi connectivity index (χ2v) is 7.57. The summed E-state index contributed by atoms with van der Waals surface area (Å²) in [6, 6.07) is 0. The number of hydrogen-bond acceptors (Lipinski definition) is 3. The lowest BCUT2D eigenvalue weighted by Gasteiger charge is -2.31. The summed E-state index contributed by atoms with van der Waals surface area (Å²) >= 11 is 0. The Balaban J connectivity index is 1.96. The molecule has 0 bridgehead atoms. The van der Waals surface area contributed by atoms with E-state index in [1.165, 1.54) is 19.3 Å². The molecule has 0 radical (unpaired) electrons. The molecule has 1 unspecified atom stereocenters. The normalized spacial score (nSPS) is 28.2. The van der Waals surface area contributed by atoms with Crippen LogP contribution in [0.4, 0.5) is 0 Å². The first-order chi connectivity index (χ1) is 9.14. The first-order valence-electron chi connectivity index (χ1n) is 7.60. The van der Waals surface area contributed by atoms with Crippen molar-refractivity contribution in [2.24, 2.45) is 5.92 Å². The molecule has 19 heavy (non-hydrogen) atoms. The van der Waals surface area contributed by atoms with E-state index in [0.717, 1.165) is 25.9 Å². The molecule has 0 spiro atoms. The van der Waals surface area contributed by atoms with Crippen molar-refractivity contribution in [2.75, 3.05) is 39.3 Å². The first kappa shape index (κ1) is 15.2. The smallest absolute Gasteiger partial charge is 0.282 e. The van der Waals surface area contributed by atoms with Gasteiger partial charge in [-0.3, -0.25) is 0 Å². The van der Waals surface area contributed by atoms with Gasteiger partial charge in [-0.15, -0.1) is 0 Å². The molecule has 0 aliphatic carbocycles. The molecule has 2 saturated heterocycles. The lowest BCUT2D eigenvalue weighted by atomic mass is 9.96. The molecule has 5 nitrogen and oxygen atoms in total. The average Bonchev–Trinajstić information content (AvgIpc) is 2.66. The maximum absolute atomic E-state index is 12.6. The Kier molecular flexibility index (Phi) is 5.62. The van der Waals surface area contributed by atoms with E-state index in [-0.39, 0.29) is 0 Å². The molecule has 1 atom stereocenters. The van der Waals surface area contributed by atoms with Crippen molar-refractivity contribution < 1.29 is 8.42 Å². The molecule has 2 fully saturated rings. The van der Waals surface area contributed by atoms with Crippen molar-refractivity contribution in [1.82, 2.24) is 13.9 Å². The number of hydrogen-bond donors (Lipinski definition) is 1. The van der Waals surface area contributed by atoms with E-state index >= 15 is 0 Å². The molecule has 0 aromatic rings. The summed E-state index contributed by atoms with van der Waals surface area (Å²) in [5.74, 6) is 0.716. The predicted molar refractivity (Wildman–Crippen MR) is 77.2 cm³/mol. The van der Waals surface area contributed by atoms with Crippen molar-refractivity contribution in [3.05, 3.63) is 0 Å². The third-order valence-corrected chi connectivity index (χ3v) is 6.27. The van der Waals surface area contributed by atoms with Crippen molar-refractivity contribution in [2.45, 2.75) is 39.0 Å². The van der Waals surface area contributed by atoms with Crippen LogP contribution in [0.5, 0.6) is 0 Å². The van der Waals surface area contributed by atoms with Gasteiger partial charge >= 0.3 is 0 Å². The van der Waals surface area contributed by atoms with Gasteiger partial charge in [0.05, 0.1) is 0 Å². The van der Waals surface area contributed by atoms with E-state index in [0.29, 0.717) is 32.1 Å². The van der Waals surface area contributed by atoms with Crippen molar-refractivity contribution in [1.29, 1.82) is 0 Å². The second kappa shape index (κ2) is 7.02. The van der Waals surface area contributed by atoms with E-state index in [1.54, 1.807) is 8.61 Å². The zero-order chi connectivity index (χ0) is 13.7. The summed E-state index contributed by atoms with van der Waals surface area (Å²) in [6.07, 6.45) is 5.66. The van der Waals surface area contributed by atoms with E-state index < -0.39 is 10.2 Å². The summed E-state index contributed by atoms with van der Waals surface area (Å²) in [4.78, 5) is 0. The third-order valence-electron chi connectivity index (χ3n) is 4.23. The average molecular weight is 289 g/mol. The summed E-state index contributed by atoms with van der Waals surface area (Å²) in [7, 11) is -3.22. The fourth-order valence-corrected chi connectivity index (χ4v) is 4.77. The fourth-order valence-electron chi connectivity index (χ4n) is 3.11. The minimum atomic E-state index is -3.22. The first-order valence-corrected chi connectivity index (χ1v) is 9.00. The molecule has 0 saturated carbocycles. The van der Waals surface area contributed by atoms with Crippen LogP contribution >= 0.6 is 0 Å². The molecule has 0 aromatic heterocycles. The number of piperazine rings is 1. The molecular formula is C13H27N3O2S. The van der Waals surface area contributed by atoms with Gasteiger partial charge < -0.3 is 5.32 Å². The molecule has 6 heteroatoms. The Morgan fingerprint density at radius 1 is 1.05 bits per heavy atom. The Bertz CT molecular complexity index is 366. The number of nitrogens with zero attached hydrogens (tertiary/aromatic N) is 2. The second-order valence-electron chi connectivity index (χ2n) is 5.64. The van der Waals surface area contributed by atoms with Gasteiger partial charge in [-0.1, -0.05) is 19.8 Å². The largest absolute Gasteiger partial charge is 0.314 e. The highest BCUT2D eigenvalue weighted by Crippen LogP contribution is 2.24. The van der Waals surface area contributed by atoms with Gasteiger partial charge in [-0.25, -0.2) is 0 Å². The Morgan fingerprint density at radius 2 is 1.74 bits per heavy atom. The Labute approximate surface area is 117 Å². The zero-order valence-electron chi connectivity index (χ0n) is 12.0. The highest BCUT2D eigenvalue weighted by atomic mass is 32.2. The SMILES string of the molecule is CCCC1CCCN(S(=O)(=O)N2CCNCC2)CC1. The Morgan fingerprint density at radius 3 is 2.42 bits per heavy atom.